The fraction of sp³-hybridized carbons (Fsp3) is 1.00. The molecule has 0 aromatic heterocycles. The molecule has 0 aliphatic rings. The van der Waals surface area contributed by atoms with Gasteiger partial charge in [0.1, 0.15) is 0 Å². The summed E-state index contributed by atoms with van der Waals surface area (Å²) in [6.45, 7) is 6.39. The smallest absolute Gasteiger partial charge is 0.0601 e. The molecule has 0 saturated heterocycles. The Hall–Kier alpha value is 0.920. The quantitative estimate of drug-likeness (QED) is 0.516. The molecular weight excluding hydrogens is 199 g/mol. The first kappa shape index (κ1) is 11.9. The van der Waals surface area contributed by atoms with Crippen molar-refractivity contribution in [2.24, 2.45) is 0 Å². The molecule has 0 fully saturated rings. The van der Waals surface area contributed by atoms with Crippen LogP contribution in [0, 0.1) is 0 Å². The van der Waals surface area contributed by atoms with E-state index in [1.165, 1.54) is 0 Å². The van der Waals surface area contributed by atoms with Gasteiger partial charge in [0.05, 0.1) is 11.8 Å². The molecular formula is C6H14O2PS2-. The summed E-state index contributed by atoms with van der Waals surface area (Å²) in [5.41, 5.74) is -2.35. The van der Waals surface area contributed by atoms with Gasteiger partial charge in [0.2, 0.25) is 0 Å². The van der Waals surface area contributed by atoms with E-state index < -0.39 is 5.69 Å². The Bertz CT molecular complexity index is 152. The van der Waals surface area contributed by atoms with Crippen LogP contribution in [0.2, 0.25) is 0 Å². The van der Waals surface area contributed by atoms with Crippen molar-refractivity contribution in [2.45, 2.75) is 33.3 Å². The standard InChI is InChI=1S/C6H15O2PS2/c1-4-6(3)8-9(10,11)7-5-2/h6H,4-5H2,1-3H3,(H,10,11)/p-1. The van der Waals surface area contributed by atoms with Crippen LogP contribution < -0.4 is 0 Å². The van der Waals surface area contributed by atoms with Crippen molar-refractivity contribution < 1.29 is 9.05 Å². The average molecular weight is 213 g/mol. The molecule has 0 radical (unpaired) electrons. The van der Waals surface area contributed by atoms with Crippen molar-refractivity contribution in [1.82, 2.24) is 0 Å². The molecule has 5 heteroatoms. The summed E-state index contributed by atoms with van der Waals surface area (Å²) in [7, 11) is 0. The first-order valence-electron chi connectivity index (χ1n) is 3.65. The Labute approximate surface area is 79.0 Å². The minimum absolute atomic E-state index is 0.116. The number of hydrogen-bond acceptors (Lipinski definition) is 4. The molecule has 0 aliphatic carbocycles. The lowest BCUT2D eigenvalue weighted by atomic mass is 10.3. The number of rotatable bonds is 5. The van der Waals surface area contributed by atoms with Gasteiger partial charge in [-0.05, 0) is 20.3 Å². The fourth-order valence-electron chi connectivity index (χ4n) is 0.483. The second-order valence-electron chi connectivity index (χ2n) is 2.19. The van der Waals surface area contributed by atoms with Gasteiger partial charge in [-0.25, -0.2) is 0 Å². The molecule has 0 aromatic rings. The maximum Gasteiger partial charge on any atom is 0.0601 e. The maximum atomic E-state index is 5.35. The van der Waals surface area contributed by atoms with Crippen LogP contribution >= 0.6 is 5.69 Å². The topological polar surface area (TPSA) is 18.5 Å². The van der Waals surface area contributed by atoms with E-state index in [1.54, 1.807) is 0 Å². The van der Waals surface area contributed by atoms with Crippen LogP contribution in [-0.2, 0) is 33.1 Å². The van der Waals surface area contributed by atoms with E-state index in [4.69, 9.17) is 33.1 Å². The summed E-state index contributed by atoms with van der Waals surface area (Å²) < 4.78 is 10.5. The summed E-state index contributed by atoms with van der Waals surface area (Å²) in [4.78, 5) is 0. The van der Waals surface area contributed by atoms with E-state index in [9.17, 15) is 0 Å². The van der Waals surface area contributed by atoms with Crippen molar-refractivity contribution in [3.63, 3.8) is 0 Å². The van der Waals surface area contributed by atoms with Gasteiger partial charge in [-0.3, -0.25) is 0 Å². The third-order valence-corrected chi connectivity index (χ3v) is 3.51. The molecule has 0 N–H and O–H groups in total. The van der Waals surface area contributed by atoms with Crippen molar-refractivity contribution in [2.75, 3.05) is 6.61 Å². The Kier molecular flexibility index (Phi) is 6.01. The molecule has 11 heavy (non-hydrogen) atoms. The van der Waals surface area contributed by atoms with Gasteiger partial charge in [0, 0.05) is 6.61 Å². The van der Waals surface area contributed by atoms with Crippen LogP contribution in [-0.4, -0.2) is 12.7 Å². The highest BCUT2D eigenvalue weighted by atomic mass is 32.9. The monoisotopic (exact) mass is 213 g/mol. The maximum absolute atomic E-state index is 5.35. The summed E-state index contributed by atoms with van der Waals surface area (Å²) in [5.74, 6) is 0. The van der Waals surface area contributed by atoms with E-state index in [0.717, 1.165) is 6.42 Å². The van der Waals surface area contributed by atoms with Crippen molar-refractivity contribution >= 4 is 29.7 Å². The van der Waals surface area contributed by atoms with Crippen LogP contribution in [0.5, 0.6) is 0 Å². The molecule has 0 rings (SSSR count). The molecule has 2 unspecified atom stereocenters. The predicted octanol–water partition coefficient (Wildman–Crippen LogP) is 2.61. The second-order valence-corrected chi connectivity index (χ2v) is 7.13. The van der Waals surface area contributed by atoms with Crippen LogP contribution in [0.15, 0.2) is 0 Å². The van der Waals surface area contributed by atoms with Gasteiger partial charge in [-0.1, -0.05) is 18.7 Å². The average Bonchev–Trinajstić information content (AvgIpc) is 1.86. The van der Waals surface area contributed by atoms with E-state index >= 15 is 0 Å². The first-order chi connectivity index (χ1) is 5.02. The van der Waals surface area contributed by atoms with Gasteiger partial charge < -0.3 is 21.3 Å². The molecule has 0 heterocycles. The lowest BCUT2D eigenvalue weighted by Gasteiger charge is -2.30. The normalized spacial score (nSPS) is 19.3. The zero-order chi connectivity index (χ0) is 8.91. The first-order valence-corrected chi connectivity index (χ1v) is 7.31. The highest BCUT2D eigenvalue weighted by Gasteiger charge is 2.05. The largest absolute Gasteiger partial charge is 0.691 e. The molecule has 2 atom stereocenters. The van der Waals surface area contributed by atoms with Gasteiger partial charge in [0.15, 0.2) is 0 Å². The SMILES string of the molecule is CCOP(=S)([S-])OC(C)CC. The van der Waals surface area contributed by atoms with Crippen molar-refractivity contribution in [3.05, 3.63) is 0 Å². The second kappa shape index (κ2) is 5.55. The lowest BCUT2D eigenvalue weighted by molar-refractivity contribution is 0.201. The van der Waals surface area contributed by atoms with Gasteiger partial charge in [0.25, 0.3) is 0 Å². The molecule has 0 aliphatic heterocycles. The zero-order valence-electron chi connectivity index (χ0n) is 7.07. The van der Waals surface area contributed by atoms with Crippen molar-refractivity contribution in [1.29, 1.82) is 0 Å². The fourth-order valence-corrected chi connectivity index (χ4v) is 2.96. The minimum Gasteiger partial charge on any atom is -0.691 e. The van der Waals surface area contributed by atoms with Crippen molar-refractivity contribution in [3.8, 4) is 0 Å². The Morgan fingerprint density at radius 1 is 1.55 bits per heavy atom. The Balaban J connectivity index is 3.81. The molecule has 0 aromatic carbocycles. The summed E-state index contributed by atoms with van der Waals surface area (Å²) in [6, 6.07) is 0. The molecule has 0 saturated carbocycles. The Morgan fingerprint density at radius 2 is 2.09 bits per heavy atom. The van der Waals surface area contributed by atoms with E-state index in [0.29, 0.717) is 6.61 Å². The zero-order valence-corrected chi connectivity index (χ0v) is 9.60. The Morgan fingerprint density at radius 3 is 2.45 bits per heavy atom. The highest BCUT2D eigenvalue weighted by molar-refractivity contribution is 8.51. The van der Waals surface area contributed by atoms with Gasteiger partial charge in [-0.2, -0.15) is 0 Å². The van der Waals surface area contributed by atoms with E-state index in [2.05, 4.69) is 0 Å². The predicted molar refractivity (Wildman–Crippen MR) is 54.1 cm³/mol. The molecule has 0 bridgehead atoms. The highest BCUT2D eigenvalue weighted by Crippen LogP contribution is 2.47. The molecule has 68 valence electrons. The van der Waals surface area contributed by atoms with Gasteiger partial charge in [-0.15, -0.1) is 0 Å². The van der Waals surface area contributed by atoms with E-state index in [1.807, 2.05) is 20.8 Å². The van der Waals surface area contributed by atoms with Crippen LogP contribution in [0.4, 0.5) is 0 Å². The third kappa shape index (κ3) is 6.12. The molecule has 2 nitrogen and oxygen atoms in total. The summed E-state index contributed by atoms with van der Waals surface area (Å²) >= 11 is 9.93. The molecule has 0 spiro atoms. The molecule has 0 amide bonds. The minimum atomic E-state index is -2.35. The van der Waals surface area contributed by atoms with Gasteiger partial charge >= 0.3 is 0 Å². The van der Waals surface area contributed by atoms with Crippen LogP contribution in [0.25, 0.3) is 0 Å². The third-order valence-electron chi connectivity index (χ3n) is 1.17. The summed E-state index contributed by atoms with van der Waals surface area (Å²) in [5, 5.41) is 0. The van der Waals surface area contributed by atoms with Crippen LogP contribution in [0.3, 0.4) is 0 Å². The lowest BCUT2D eigenvalue weighted by Crippen LogP contribution is -2.04. The number of hydrogen-bond donors (Lipinski definition) is 0. The van der Waals surface area contributed by atoms with E-state index in [-0.39, 0.29) is 6.10 Å². The summed E-state index contributed by atoms with van der Waals surface area (Å²) in [6.07, 6.45) is 1.03. The van der Waals surface area contributed by atoms with Crippen LogP contribution in [0.1, 0.15) is 27.2 Å².